The fourth-order valence-corrected chi connectivity index (χ4v) is 5.70. The Morgan fingerprint density at radius 1 is 1.07 bits per heavy atom. The van der Waals surface area contributed by atoms with Crippen LogP contribution in [0.25, 0.3) is 11.1 Å². The number of hydrogen-bond acceptors (Lipinski definition) is 5. The van der Waals surface area contributed by atoms with E-state index in [1.165, 1.54) is 11.1 Å². The van der Waals surface area contributed by atoms with Crippen molar-refractivity contribution in [3.05, 3.63) is 82.1 Å². The van der Waals surface area contributed by atoms with E-state index in [1.54, 1.807) is 4.90 Å². The van der Waals surface area contributed by atoms with Crippen LogP contribution in [0.3, 0.4) is 0 Å². The first-order valence-corrected chi connectivity index (χ1v) is 16.1. The van der Waals surface area contributed by atoms with Crippen LogP contribution in [0.15, 0.2) is 54.9 Å². The van der Waals surface area contributed by atoms with E-state index < -0.39 is 5.60 Å². The Labute approximate surface area is 261 Å². The Morgan fingerprint density at radius 3 is 2.53 bits per heavy atom. The van der Waals surface area contributed by atoms with Crippen molar-refractivity contribution in [1.82, 2.24) is 9.88 Å². The number of hydrogen-bond donors (Lipinski definition) is 0. The molecule has 0 unspecified atom stereocenters. The molecule has 6 nitrogen and oxygen atoms in total. The molecule has 230 valence electrons. The van der Waals surface area contributed by atoms with Gasteiger partial charge in [0.15, 0.2) is 0 Å². The number of aromatic nitrogens is 1. The molecule has 0 atom stereocenters. The van der Waals surface area contributed by atoms with Gasteiger partial charge >= 0.3 is 6.09 Å². The monoisotopic (exact) mass is 604 g/mol. The van der Waals surface area contributed by atoms with E-state index in [0.717, 1.165) is 78.0 Å². The van der Waals surface area contributed by atoms with Crippen LogP contribution in [-0.2, 0) is 28.1 Å². The third kappa shape index (κ3) is 8.10. The zero-order valence-electron chi connectivity index (χ0n) is 26.2. The summed E-state index contributed by atoms with van der Waals surface area (Å²) in [6, 6.07) is 14.6. The number of unbranched alkanes of at least 4 members (excludes halogenated alkanes) is 1. The highest BCUT2D eigenvalue weighted by atomic mass is 35.5. The number of halogens is 1. The number of pyridine rings is 1. The third-order valence-corrected chi connectivity index (χ3v) is 8.53. The molecule has 0 spiro atoms. The number of rotatable bonds is 13. The zero-order valence-corrected chi connectivity index (χ0v) is 27.0. The van der Waals surface area contributed by atoms with Gasteiger partial charge in [-0.2, -0.15) is 0 Å². The van der Waals surface area contributed by atoms with Crippen LogP contribution in [-0.4, -0.2) is 40.8 Å². The predicted molar refractivity (Wildman–Crippen MR) is 172 cm³/mol. The van der Waals surface area contributed by atoms with Crippen LogP contribution in [0.5, 0.6) is 5.75 Å². The molecule has 5 rings (SSSR count). The summed E-state index contributed by atoms with van der Waals surface area (Å²) in [6.45, 7) is 11.6. The molecule has 43 heavy (non-hydrogen) atoms. The zero-order chi connectivity index (χ0) is 30.6. The number of ether oxygens (including phenoxy) is 3. The van der Waals surface area contributed by atoms with Crippen molar-refractivity contribution in [2.45, 2.75) is 103 Å². The van der Waals surface area contributed by atoms with Gasteiger partial charge in [-0.05, 0) is 120 Å². The quantitative estimate of drug-likeness (QED) is 0.182. The van der Waals surface area contributed by atoms with Crippen molar-refractivity contribution in [2.75, 3.05) is 13.1 Å². The van der Waals surface area contributed by atoms with Crippen LogP contribution < -0.4 is 4.74 Å². The molecule has 2 fully saturated rings. The first-order chi connectivity index (χ1) is 20.6. The molecule has 7 heteroatoms. The number of benzene rings is 2. The van der Waals surface area contributed by atoms with E-state index in [2.05, 4.69) is 48.3 Å². The minimum atomic E-state index is -0.487. The average Bonchev–Trinajstić information content (AvgIpc) is 3.90. The Hall–Kier alpha value is -3.09. The normalized spacial score (nSPS) is 15.7. The lowest BCUT2D eigenvalue weighted by atomic mass is 9.96. The average molecular weight is 605 g/mol. The summed E-state index contributed by atoms with van der Waals surface area (Å²) in [5.41, 5.74) is 5.91. The molecular weight excluding hydrogens is 560 g/mol. The largest absolute Gasteiger partial charge is 0.490 e. The second kappa shape index (κ2) is 13.3. The van der Waals surface area contributed by atoms with Gasteiger partial charge in [0.25, 0.3) is 0 Å². The summed E-state index contributed by atoms with van der Waals surface area (Å²) in [6.07, 6.45) is 10.8. The standard InChI is InChI=1S/C36H45ClN2O4/c1-6-39(34(40)43-35(3,4)5)20-10-9-11-26-22-32(37)27(21-25(26)2)24-41-36(17-18-36)31-23-38-19-16-29(31)30-12-7-8-13-33(30)42-28-14-15-28/h7-8,12-13,16,19,21-23,28H,6,9-11,14-15,17-18,20,24H2,1-5H3. The van der Waals surface area contributed by atoms with Gasteiger partial charge in [0.2, 0.25) is 0 Å². The van der Waals surface area contributed by atoms with E-state index >= 15 is 0 Å². The van der Waals surface area contributed by atoms with Crippen LogP contribution >= 0.6 is 11.6 Å². The van der Waals surface area contributed by atoms with Crippen molar-refractivity contribution >= 4 is 17.7 Å². The van der Waals surface area contributed by atoms with Gasteiger partial charge in [-0.25, -0.2) is 4.79 Å². The molecule has 2 saturated carbocycles. The SMILES string of the molecule is CCN(CCCCc1cc(Cl)c(COC2(c3cnccc3-c3ccccc3OC3CC3)CC2)cc1C)C(=O)OC(C)(C)C. The van der Waals surface area contributed by atoms with Crippen LogP contribution in [0, 0.1) is 6.92 Å². The smallest absolute Gasteiger partial charge is 0.410 e. The predicted octanol–water partition coefficient (Wildman–Crippen LogP) is 9.04. The first kappa shape index (κ1) is 31.3. The molecule has 2 aromatic carbocycles. The lowest BCUT2D eigenvalue weighted by Gasteiger charge is -2.26. The summed E-state index contributed by atoms with van der Waals surface area (Å²) in [5, 5.41) is 0.731. The van der Waals surface area contributed by atoms with Crippen molar-refractivity contribution in [2.24, 2.45) is 0 Å². The number of carbonyl (C=O) groups excluding carboxylic acids is 1. The molecule has 1 heterocycles. The van der Waals surface area contributed by atoms with Gasteiger partial charge in [0, 0.05) is 41.6 Å². The highest BCUT2D eigenvalue weighted by Crippen LogP contribution is 2.53. The molecule has 1 aromatic heterocycles. The van der Waals surface area contributed by atoms with Crippen molar-refractivity contribution in [3.63, 3.8) is 0 Å². The number of para-hydroxylation sites is 1. The Kier molecular flexibility index (Phi) is 9.67. The van der Waals surface area contributed by atoms with Gasteiger partial charge in [-0.15, -0.1) is 0 Å². The van der Waals surface area contributed by atoms with Crippen molar-refractivity contribution in [3.8, 4) is 16.9 Å². The summed E-state index contributed by atoms with van der Waals surface area (Å²) in [4.78, 5) is 18.7. The van der Waals surface area contributed by atoms with Crippen molar-refractivity contribution in [1.29, 1.82) is 0 Å². The van der Waals surface area contributed by atoms with Crippen LogP contribution in [0.1, 0.15) is 88.5 Å². The molecule has 2 aliphatic carbocycles. The summed E-state index contributed by atoms with van der Waals surface area (Å²) < 4.78 is 18.4. The van der Waals surface area contributed by atoms with Gasteiger partial charge in [0.1, 0.15) is 11.4 Å². The summed E-state index contributed by atoms with van der Waals surface area (Å²) >= 11 is 6.81. The van der Waals surface area contributed by atoms with Crippen LogP contribution in [0.4, 0.5) is 4.79 Å². The fraction of sp³-hybridized carbons (Fsp3) is 0.500. The number of amides is 1. The van der Waals surface area contributed by atoms with Gasteiger partial charge in [-0.1, -0.05) is 35.9 Å². The van der Waals surface area contributed by atoms with Gasteiger partial charge < -0.3 is 19.1 Å². The molecule has 3 aromatic rings. The summed E-state index contributed by atoms with van der Waals surface area (Å²) in [7, 11) is 0. The highest BCUT2D eigenvalue weighted by molar-refractivity contribution is 6.31. The second-order valence-corrected chi connectivity index (χ2v) is 13.3. The number of nitrogens with zero attached hydrogens (tertiary/aromatic N) is 2. The van der Waals surface area contributed by atoms with E-state index in [9.17, 15) is 4.79 Å². The maximum Gasteiger partial charge on any atom is 0.410 e. The maximum absolute atomic E-state index is 12.4. The maximum atomic E-state index is 12.4. The Balaban J connectivity index is 1.21. The molecule has 0 aliphatic heterocycles. The first-order valence-electron chi connectivity index (χ1n) is 15.7. The Bertz CT molecular complexity index is 1420. The molecule has 2 aliphatic rings. The summed E-state index contributed by atoms with van der Waals surface area (Å²) in [5.74, 6) is 0.926. The molecule has 0 N–H and O–H groups in total. The second-order valence-electron chi connectivity index (χ2n) is 12.9. The molecule has 0 saturated heterocycles. The fourth-order valence-electron chi connectivity index (χ4n) is 5.46. The van der Waals surface area contributed by atoms with E-state index in [4.69, 9.17) is 25.8 Å². The molecular formula is C36H45ClN2O4. The van der Waals surface area contributed by atoms with Gasteiger partial charge in [-0.3, -0.25) is 4.98 Å². The van der Waals surface area contributed by atoms with E-state index in [1.807, 2.05) is 46.2 Å². The molecule has 0 radical (unpaired) electrons. The van der Waals surface area contributed by atoms with E-state index in [-0.39, 0.29) is 11.7 Å². The minimum Gasteiger partial charge on any atom is -0.490 e. The third-order valence-electron chi connectivity index (χ3n) is 8.18. The lowest BCUT2D eigenvalue weighted by molar-refractivity contribution is 0.0173. The topological polar surface area (TPSA) is 60.9 Å². The number of carbonyl (C=O) groups is 1. The highest BCUT2D eigenvalue weighted by Gasteiger charge is 2.47. The molecule has 1 amide bonds. The van der Waals surface area contributed by atoms with Crippen molar-refractivity contribution < 1.29 is 19.0 Å². The lowest BCUT2D eigenvalue weighted by Crippen LogP contribution is -2.37. The molecule has 0 bridgehead atoms. The van der Waals surface area contributed by atoms with Gasteiger partial charge in [0.05, 0.1) is 18.3 Å². The minimum absolute atomic E-state index is 0.249. The van der Waals surface area contributed by atoms with E-state index in [0.29, 0.717) is 25.8 Å². The Morgan fingerprint density at radius 2 is 1.84 bits per heavy atom. The van der Waals surface area contributed by atoms with Crippen LogP contribution in [0.2, 0.25) is 5.02 Å². The number of aryl methyl sites for hydroxylation is 2.